The molecule has 0 heterocycles. The van der Waals surface area contributed by atoms with E-state index >= 15 is 0 Å². The fraction of sp³-hybridized carbons (Fsp3) is 0.784. The van der Waals surface area contributed by atoms with Crippen molar-refractivity contribution in [1.29, 1.82) is 0 Å². The highest BCUT2D eigenvalue weighted by Crippen LogP contribution is 2.64. The van der Waals surface area contributed by atoms with E-state index in [-0.39, 0.29) is 80.1 Å². The smallest absolute Gasteiger partial charge is 0.465 e. The summed E-state index contributed by atoms with van der Waals surface area (Å²) >= 11 is 0. The Balaban J connectivity index is -0.00000722. The van der Waals surface area contributed by atoms with Gasteiger partial charge in [0.1, 0.15) is 19.8 Å². The molecule has 0 amide bonds. The Labute approximate surface area is 459 Å². The Morgan fingerprint density at radius 3 is 1.36 bits per heavy atom. The van der Waals surface area contributed by atoms with E-state index in [2.05, 4.69) is 4.74 Å². The molecule has 80 heavy (non-hydrogen) atoms. The van der Waals surface area contributed by atoms with Gasteiger partial charge in [0.05, 0.1) is 35.9 Å². The van der Waals surface area contributed by atoms with E-state index in [4.69, 9.17) is 32.5 Å². The molecule has 29 heteroatoms. The average molecular weight is 1220 g/mol. The van der Waals surface area contributed by atoms with Gasteiger partial charge in [-0.05, 0) is 100 Å². The summed E-state index contributed by atoms with van der Waals surface area (Å²) in [5, 5.41) is 0. The van der Waals surface area contributed by atoms with Crippen LogP contribution < -0.4 is 0 Å². The third-order valence-corrected chi connectivity index (χ3v) is 14.7. The molecule has 0 bridgehead atoms. The monoisotopic (exact) mass is 1220 g/mol. The molecular formula is C51H81F17O11Si. The van der Waals surface area contributed by atoms with E-state index in [9.17, 15) is 89.0 Å². The van der Waals surface area contributed by atoms with E-state index in [0.717, 1.165) is 19.4 Å². The predicted octanol–water partition coefficient (Wildman–Crippen LogP) is 16.1. The number of halogens is 17. The van der Waals surface area contributed by atoms with Crippen molar-refractivity contribution >= 4 is 32.8 Å². The topological polar surface area (TPSA) is 125 Å². The lowest BCUT2D eigenvalue weighted by molar-refractivity contribution is -0.461. The highest BCUT2D eigenvalue weighted by atomic mass is 28.4. The Bertz CT molecular complexity index is 2010. The second-order valence-corrected chi connectivity index (χ2v) is 22.3. The number of hydrogen-bond donors (Lipinski definition) is 0. The minimum Gasteiger partial charge on any atom is -0.465 e. The van der Waals surface area contributed by atoms with E-state index in [1.807, 2.05) is 0 Å². The summed E-state index contributed by atoms with van der Waals surface area (Å²) in [5.41, 5.74) is -5.03. The maximum atomic E-state index is 14.7. The van der Waals surface area contributed by atoms with E-state index in [0.29, 0.717) is 0 Å². The van der Waals surface area contributed by atoms with Crippen molar-refractivity contribution in [1.82, 2.24) is 0 Å². The lowest BCUT2D eigenvalue weighted by Gasteiger charge is -2.42. The Kier molecular flexibility index (Phi) is 32.2. The van der Waals surface area contributed by atoms with Crippen molar-refractivity contribution in [2.24, 2.45) is 16.2 Å². The first kappa shape index (κ1) is 82.7. The lowest BCUT2D eigenvalue weighted by atomic mass is 9.65. The van der Waals surface area contributed by atoms with Crippen molar-refractivity contribution in [2.45, 2.75) is 210 Å². The lowest BCUT2D eigenvalue weighted by Crippen LogP contribution is -2.74. The van der Waals surface area contributed by atoms with Gasteiger partial charge in [0, 0.05) is 24.4 Å². The van der Waals surface area contributed by atoms with Crippen LogP contribution in [0.4, 0.5) is 74.6 Å². The molecule has 0 aliphatic rings. The van der Waals surface area contributed by atoms with Crippen LogP contribution in [0.25, 0.3) is 6.08 Å². The van der Waals surface area contributed by atoms with Crippen LogP contribution in [0.3, 0.4) is 0 Å². The summed E-state index contributed by atoms with van der Waals surface area (Å²) < 4.78 is 269. The first-order valence-corrected chi connectivity index (χ1v) is 25.4. The van der Waals surface area contributed by atoms with Crippen molar-refractivity contribution in [3.05, 3.63) is 42.0 Å². The number of rotatable bonds is 34. The Morgan fingerprint density at radius 1 is 0.512 bits per heavy atom. The SMILES string of the molecule is C.C.C.C.CCC(C)(CC(C)(CC(C)(C)C(=O)OCCC(F)(F)C(F)(F)C(F)(F)C(F)(F)C(F)(F)C(F)(F)C(F)(F)C(F)(F)F)C(=O)OCCOOC/C=C/c1ccccc1)C(=O)OCCC[Si](OC(C)C)(OC(C)C)OC(C)C. The number of hydrogen-bond acceptors (Lipinski definition) is 11. The van der Waals surface area contributed by atoms with Crippen LogP contribution in [-0.4, -0.2) is 126 Å². The number of carbonyl (C=O) groups excluding carboxylic acids is 3. The third kappa shape index (κ3) is 19.9. The van der Waals surface area contributed by atoms with Gasteiger partial charge in [0.25, 0.3) is 0 Å². The molecule has 1 aromatic carbocycles. The van der Waals surface area contributed by atoms with Gasteiger partial charge in [0.2, 0.25) is 0 Å². The van der Waals surface area contributed by atoms with Gasteiger partial charge in [-0.15, -0.1) is 0 Å². The van der Waals surface area contributed by atoms with Crippen LogP contribution in [0.1, 0.15) is 144 Å². The Hall–Kier alpha value is -3.80. The summed E-state index contributed by atoms with van der Waals surface area (Å²) in [7, 11) is -3.38. The molecule has 2 atom stereocenters. The van der Waals surface area contributed by atoms with E-state index in [1.54, 1.807) is 84.0 Å². The second-order valence-electron chi connectivity index (χ2n) is 19.7. The van der Waals surface area contributed by atoms with Crippen molar-refractivity contribution in [2.75, 3.05) is 33.0 Å². The quantitative estimate of drug-likeness (QED) is 0.0125. The van der Waals surface area contributed by atoms with Gasteiger partial charge in [-0.2, -0.15) is 74.6 Å². The number of alkyl halides is 17. The minimum atomic E-state index is -8.81. The zero-order valence-electron chi connectivity index (χ0n) is 43.5. The summed E-state index contributed by atoms with van der Waals surface area (Å²) in [6.45, 7) is 13.1. The van der Waals surface area contributed by atoms with Gasteiger partial charge >= 0.3 is 74.3 Å². The molecule has 0 N–H and O–H groups in total. The molecule has 474 valence electrons. The first-order valence-electron chi connectivity index (χ1n) is 23.5. The fourth-order valence-electron chi connectivity index (χ4n) is 7.48. The zero-order chi connectivity index (χ0) is 59.4. The van der Waals surface area contributed by atoms with Gasteiger partial charge in [-0.3, -0.25) is 14.4 Å². The standard InChI is InChI=1S/C47H65F17O11Si.4CH4/c1-12-38(10,35(66)68-22-17-27-76(73-30(2)3,74-31(4)5)75-32(6)7)29-39(11,36(67)70-25-26-72-71-23-16-20-33-18-14-13-15-19-33)28-37(8,9)34(65)69-24-21-40(48,49)41(50,51)42(52,53)43(54,55)44(56,57)45(58,59)46(60,61)47(62,63)64;;;;/h13-16,18-20,30-32H,12,17,21-29H2,1-11H3;4*1H4/b20-16+;;;;. The largest absolute Gasteiger partial charge is 0.501 e. The molecule has 0 aliphatic heterocycles. The molecule has 0 saturated carbocycles. The number of ether oxygens (including phenoxy) is 3. The molecule has 1 rings (SSSR count). The first-order chi connectivity index (χ1) is 34.2. The normalized spacial score (nSPS) is 15.0. The summed E-state index contributed by atoms with van der Waals surface area (Å²) in [6.07, 6.45) is -9.87. The molecule has 0 aromatic heterocycles. The van der Waals surface area contributed by atoms with E-state index in [1.165, 1.54) is 20.8 Å². The molecule has 0 radical (unpaired) electrons. The molecule has 0 spiro atoms. The maximum absolute atomic E-state index is 14.7. The third-order valence-electron chi connectivity index (χ3n) is 11.2. The van der Waals surface area contributed by atoms with Crippen LogP contribution in [-0.2, 0) is 51.6 Å². The maximum Gasteiger partial charge on any atom is 0.501 e. The summed E-state index contributed by atoms with van der Waals surface area (Å²) in [6, 6.07) is 9.16. The molecular weight excluding hydrogens is 1140 g/mol. The predicted molar refractivity (Wildman–Crippen MR) is 266 cm³/mol. The van der Waals surface area contributed by atoms with Crippen molar-refractivity contribution < 1.29 is 126 Å². The van der Waals surface area contributed by atoms with Crippen LogP contribution in [0.5, 0.6) is 0 Å². The van der Waals surface area contributed by atoms with Crippen LogP contribution in [0.2, 0.25) is 6.04 Å². The number of carbonyl (C=O) groups is 3. The van der Waals surface area contributed by atoms with Crippen LogP contribution in [0.15, 0.2) is 36.4 Å². The molecule has 0 aliphatic carbocycles. The minimum absolute atomic E-state index is 0. The molecule has 0 fully saturated rings. The Morgan fingerprint density at radius 2 is 0.925 bits per heavy atom. The highest BCUT2D eigenvalue weighted by molar-refractivity contribution is 6.60. The van der Waals surface area contributed by atoms with Crippen molar-refractivity contribution in [3.8, 4) is 0 Å². The summed E-state index contributed by atoms with van der Waals surface area (Å²) in [5.74, 6) is -61.7. The van der Waals surface area contributed by atoms with Gasteiger partial charge in [-0.1, -0.05) is 79.1 Å². The van der Waals surface area contributed by atoms with Gasteiger partial charge in [0.15, 0.2) is 0 Å². The van der Waals surface area contributed by atoms with Gasteiger partial charge in [-0.25, -0.2) is 9.78 Å². The van der Waals surface area contributed by atoms with Crippen molar-refractivity contribution in [3.63, 3.8) is 0 Å². The van der Waals surface area contributed by atoms with Gasteiger partial charge < -0.3 is 27.5 Å². The second kappa shape index (κ2) is 31.2. The van der Waals surface area contributed by atoms with Crippen LogP contribution >= 0.6 is 0 Å². The molecule has 2 unspecified atom stereocenters. The zero-order valence-corrected chi connectivity index (χ0v) is 44.5. The average Bonchev–Trinajstić information content (AvgIpc) is 3.26. The fourth-order valence-corrected chi connectivity index (χ4v) is 10.7. The number of benzene rings is 1. The molecule has 1 aromatic rings. The molecule has 0 saturated heterocycles. The number of esters is 3. The summed E-state index contributed by atoms with van der Waals surface area (Å²) in [4.78, 5) is 51.3. The molecule has 11 nitrogen and oxygen atoms in total. The van der Waals surface area contributed by atoms with E-state index < -0.39 is 130 Å². The van der Waals surface area contributed by atoms with Crippen LogP contribution in [0, 0.1) is 16.2 Å². The highest BCUT2D eigenvalue weighted by Gasteiger charge is 2.95.